The number of oxazole rings is 1. The normalized spacial score (nSPS) is 22.1. The number of halogens is 4. The van der Waals surface area contributed by atoms with Crippen LogP contribution in [0.2, 0.25) is 0 Å². The van der Waals surface area contributed by atoms with Gasteiger partial charge in [-0.25, -0.2) is 24.9 Å². The summed E-state index contributed by atoms with van der Waals surface area (Å²) in [5.41, 5.74) is 5.25. The number of anilines is 2. The highest BCUT2D eigenvalue weighted by atomic mass is 32.2. The number of nitrogens with zero attached hydrogens (tertiary/aromatic N) is 6. The molecule has 5 rings (SSSR count). The zero-order valence-corrected chi connectivity index (χ0v) is 21.8. The molecule has 16 heteroatoms. The molecule has 11 nitrogen and oxygen atoms in total. The first-order valence-corrected chi connectivity index (χ1v) is 12.5. The maximum atomic E-state index is 15.0. The van der Waals surface area contributed by atoms with Crippen LogP contribution in [0.25, 0.3) is 11.0 Å². The van der Waals surface area contributed by atoms with Gasteiger partial charge in [-0.15, -0.1) is 0 Å². The van der Waals surface area contributed by atoms with Gasteiger partial charge in [0, 0.05) is 11.6 Å². The fourth-order valence-corrected chi connectivity index (χ4v) is 5.84. The summed E-state index contributed by atoms with van der Waals surface area (Å²) in [5.74, 6) is 0.102. The maximum absolute atomic E-state index is 15.0. The van der Waals surface area contributed by atoms with E-state index < -0.39 is 28.5 Å². The second-order valence-corrected chi connectivity index (χ2v) is 11.0. The molecule has 3 atom stereocenters. The fourth-order valence-electron chi connectivity index (χ4n) is 4.51. The summed E-state index contributed by atoms with van der Waals surface area (Å²) in [6.07, 6.45) is -1.15. The number of aliphatic hydroxyl groups is 1. The second kappa shape index (κ2) is 10.2. The van der Waals surface area contributed by atoms with Crippen LogP contribution in [0.5, 0.6) is 5.75 Å². The summed E-state index contributed by atoms with van der Waals surface area (Å²) >= 11 is 0.594. The standard InChI is InChI=1S/C24H22F4N8O3S/c1-22(10-23(2,40-21(29)36-22)20(37)24(26,27)28)14-5-12(7-32-18(14)25)35-19-17-15(33-11-34-19)6-13(8-31-17)39-9-16-30-3-4-38-16/h3-8,11,20,37H,9-10H2,1-2H3,(H2,29,36)(H,33,34,35)/t20-,22-,23+/m0/s1. The molecule has 1 aliphatic heterocycles. The maximum Gasteiger partial charge on any atom is 0.415 e. The van der Waals surface area contributed by atoms with Gasteiger partial charge in [0.25, 0.3) is 0 Å². The van der Waals surface area contributed by atoms with Crippen molar-refractivity contribution >= 4 is 39.5 Å². The van der Waals surface area contributed by atoms with Gasteiger partial charge in [0.05, 0.1) is 40.1 Å². The van der Waals surface area contributed by atoms with Crippen molar-refractivity contribution in [2.45, 2.75) is 49.4 Å². The molecule has 0 aliphatic carbocycles. The number of rotatable bonds is 7. The number of aromatic nitrogens is 5. The van der Waals surface area contributed by atoms with Crippen LogP contribution in [0.4, 0.5) is 29.1 Å². The number of hydrogen-bond acceptors (Lipinski definition) is 12. The minimum absolute atomic E-state index is 0.0870. The molecule has 5 heterocycles. The van der Waals surface area contributed by atoms with Gasteiger partial charge in [-0.1, -0.05) is 11.8 Å². The Hall–Kier alpha value is -4.05. The molecule has 0 spiro atoms. The topological polar surface area (TPSA) is 157 Å². The third-order valence-electron chi connectivity index (χ3n) is 6.26. The first kappa shape index (κ1) is 27.5. The Bertz CT molecular complexity index is 1570. The quantitative estimate of drug-likeness (QED) is 0.213. The van der Waals surface area contributed by atoms with Gasteiger partial charge >= 0.3 is 6.18 Å². The van der Waals surface area contributed by atoms with Crippen LogP contribution in [0.1, 0.15) is 31.7 Å². The molecular weight excluding hydrogens is 556 g/mol. The van der Waals surface area contributed by atoms with Crippen molar-refractivity contribution in [1.82, 2.24) is 24.9 Å². The number of pyridine rings is 2. The third-order valence-corrected chi connectivity index (χ3v) is 7.39. The van der Waals surface area contributed by atoms with E-state index in [-0.39, 0.29) is 35.3 Å². The molecule has 0 aromatic carbocycles. The van der Waals surface area contributed by atoms with Gasteiger partial charge in [0.1, 0.15) is 23.9 Å². The van der Waals surface area contributed by atoms with E-state index in [1.165, 1.54) is 51.1 Å². The lowest BCUT2D eigenvalue weighted by Crippen LogP contribution is -2.53. The number of ether oxygens (including phenoxy) is 1. The first-order chi connectivity index (χ1) is 18.9. The minimum atomic E-state index is -4.91. The highest BCUT2D eigenvalue weighted by Gasteiger charge is 2.56. The Balaban J connectivity index is 1.43. The van der Waals surface area contributed by atoms with Crippen molar-refractivity contribution in [2.75, 3.05) is 5.32 Å². The van der Waals surface area contributed by atoms with Crippen molar-refractivity contribution in [3.8, 4) is 5.75 Å². The molecule has 210 valence electrons. The lowest BCUT2D eigenvalue weighted by Gasteiger charge is -2.43. The summed E-state index contributed by atoms with van der Waals surface area (Å²) < 4.78 is 64.3. The van der Waals surface area contributed by atoms with Crippen molar-refractivity contribution in [1.29, 1.82) is 0 Å². The first-order valence-electron chi connectivity index (χ1n) is 11.7. The predicted octanol–water partition coefficient (Wildman–Crippen LogP) is 4.22. The highest BCUT2D eigenvalue weighted by molar-refractivity contribution is 8.15. The minimum Gasteiger partial charge on any atom is -0.482 e. The number of amidine groups is 1. The summed E-state index contributed by atoms with van der Waals surface area (Å²) in [7, 11) is 0. The number of aliphatic hydroxyl groups excluding tert-OH is 1. The van der Waals surface area contributed by atoms with Gasteiger partial charge < -0.3 is 25.3 Å². The highest BCUT2D eigenvalue weighted by Crippen LogP contribution is 2.50. The van der Waals surface area contributed by atoms with Gasteiger partial charge in [-0.3, -0.25) is 4.99 Å². The van der Waals surface area contributed by atoms with E-state index in [9.17, 15) is 18.3 Å². The number of alkyl halides is 3. The molecule has 4 aromatic heterocycles. The van der Waals surface area contributed by atoms with Crippen LogP contribution in [0.15, 0.2) is 52.7 Å². The number of fused-ring (bicyclic) bond motifs is 1. The van der Waals surface area contributed by atoms with Crippen molar-refractivity contribution in [2.24, 2.45) is 10.7 Å². The lowest BCUT2D eigenvalue weighted by molar-refractivity contribution is -0.213. The summed E-state index contributed by atoms with van der Waals surface area (Å²) in [6, 6.07) is 2.99. The van der Waals surface area contributed by atoms with Gasteiger partial charge in [-0.05, 0) is 26.3 Å². The van der Waals surface area contributed by atoms with E-state index in [1.807, 2.05) is 0 Å². The largest absolute Gasteiger partial charge is 0.482 e. The monoisotopic (exact) mass is 578 g/mol. The summed E-state index contributed by atoms with van der Waals surface area (Å²) in [5, 5.41) is 12.9. The molecule has 4 aromatic rings. The van der Waals surface area contributed by atoms with E-state index in [4.69, 9.17) is 14.9 Å². The van der Waals surface area contributed by atoms with Gasteiger partial charge in [0.2, 0.25) is 11.8 Å². The van der Waals surface area contributed by atoms with E-state index in [0.29, 0.717) is 34.4 Å². The van der Waals surface area contributed by atoms with Crippen LogP contribution in [-0.2, 0) is 12.1 Å². The predicted molar refractivity (Wildman–Crippen MR) is 137 cm³/mol. The van der Waals surface area contributed by atoms with Gasteiger partial charge in [0.15, 0.2) is 23.7 Å². The zero-order valence-electron chi connectivity index (χ0n) is 21.0. The molecule has 0 unspecified atom stereocenters. The molecule has 0 bridgehead atoms. The Morgan fingerprint density at radius 3 is 2.70 bits per heavy atom. The van der Waals surface area contributed by atoms with E-state index in [1.54, 1.807) is 6.07 Å². The average Bonchev–Trinajstić information content (AvgIpc) is 3.40. The van der Waals surface area contributed by atoms with Crippen molar-refractivity contribution in [3.63, 3.8) is 0 Å². The van der Waals surface area contributed by atoms with Crippen LogP contribution in [0.3, 0.4) is 0 Å². The lowest BCUT2D eigenvalue weighted by atomic mass is 9.81. The van der Waals surface area contributed by atoms with Crippen LogP contribution < -0.4 is 15.8 Å². The molecule has 0 saturated heterocycles. The van der Waals surface area contributed by atoms with E-state index in [0.717, 1.165) is 0 Å². The van der Waals surface area contributed by atoms with E-state index in [2.05, 4.69) is 35.2 Å². The van der Waals surface area contributed by atoms with Gasteiger partial charge in [-0.2, -0.15) is 17.6 Å². The second-order valence-electron chi connectivity index (χ2n) is 9.42. The molecular formula is C24H22F4N8O3S. The molecule has 4 N–H and O–H groups in total. The van der Waals surface area contributed by atoms with Crippen LogP contribution >= 0.6 is 11.8 Å². The number of hydrogen-bond donors (Lipinski definition) is 3. The Morgan fingerprint density at radius 2 is 1.98 bits per heavy atom. The Labute approximate surface area is 228 Å². The molecule has 40 heavy (non-hydrogen) atoms. The fraction of sp³-hybridized carbons (Fsp3) is 0.333. The number of thioether (sulfide) groups is 1. The van der Waals surface area contributed by atoms with Crippen molar-refractivity contribution < 1.29 is 31.8 Å². The SMILES string of the molecule is C[C@]1([C@H](O)C(F)(F)F)C[C@@](C)(c2cc(Nc3ncnc4cc(OCc5ncco5)cnc34)cnc2F)N=C(N)S1. The number of nitrogens with two attached hydrogens (primary N) is 1. The number of aliphatic imine (C=N–C) groups is 1. The van der Waals surface area contributed by atoms with Crippen molar-refractivity contribution in [3.05, 3.63) is 60.7 Å². The zero-order chi connectivity index (χ0) is 28.7. The molecule has 0 fully saturated rings. The molecule has 1 aliphatic rings. The molecule has 0 amide bonds. The Morgan fingerprint density at radius 1 is 1.18 bits per heavy atom. The number of nitrogens with one attached hydrogen (secondary N) is 1. The molecule has 0 radical (unpaired) electrons. The summed E-state index contributed by atoms with van der Waals surface area (Å²) in [4.78, 5) is 24.8. The summed E-state index contributed by atoms with van der Waals surface area (Å²) in [6.45, 7) is 2.74. The van der Waals surface area contributed by atoms with Crippen LogP contribution in [-0.4, -0.2) is 52.2 Å². The third kappa shape index (κ3) is 5.49. The smallest absolute Gasteiger partial charge is 0.415 e. The molecule has 0 saturated carbocycles. The van der Waals surface area contributed by atoms with Crippen LogP contribution in [0, 0.1) is 5.95 Å². The van der Waals surface area contributed by atoms with E-state index >= 15 is 4.39 Å². The Kier molecular flexibility index (Phi) is 6.99. The average molecular weight is 579 g/mol.